The number of anilines is 2. The van der Waals surface area contributed by atoms with E-state index in [1.54, 1.807) is 38.4 Å². The second-order valence-corrected chi connectivity index (χ2v) is 7.51. The standard InChI is InChI=1S/C22H30N6O4/c1-5-24-21(30)14-8-9-15(17(12-14)32-4)26-16(10-11-25-20(29)13-6-7-13)18-19(23-2)27-28(3)22(18)31/h8-10,12-13,23,26-27H,5-7,11H2,1-4H3,(H,24,30)(H,25,29)/b16-10+. The summed E-state index contributed by atoms with van der Waals surface area (Å²) in [5.74, 6) is 0.880. The quantitative estimate of drug-likeness (QED) is 0.379. The van der Waals surface area contributed by atoms with E-state index in [9.17, 15) is 14.4 Å². The number of hydrogen-bond acceptors (Lipinski definition) is 6. The molecular formula is C22H30N6O4. The Morgan fingerprint density at radius 3 is 2.66 bits per heavy atom. The molecule has 0 radical (unpaired) electrons. The SMILES string of the molecule is CCNC(=O)c1ccc(N/C(=C/CNC(=O)C2CC2)c2c(NC)[nH]n(C)c2=O)c(OC)c1. The number of nitrogens with one attached hydrogen (secondary N) is 5. The third-order valence-electron chi connectivity index (χ3n) is 5.17. The summed E-state index contributed by atoms with van der Waals surface area (Å²) < 4.78 is 6.85. The van der Waals surface area contributed by atoms with Gasteiger partial charge < -0.3 is 26.0 Å². The zero-order valence-corrected chi connectivity index (χ0v) is 18.8. The summed E-state index contributed by atoms with van der Waals surface area (Å²) in [6.07, 6.45) is 3.58. The molecule has 2 aromatic rings. The molecule has 1 aromatic carbocycles. The van der Waals surface area contributed by atoms with Crippen molar-refractivity contribution in [3.8, 4) is 5.75 Å². The molecule has 0 bridgehead atoms. The Balaban J connectivity index is 1.94. The average molecular weight is 443 g/mol. The lowest BCUT2D eigenvalue weighted by atomic mass is 10.1. The van der Waals surface area contributed by atoms with E-state index in [0.717, 1.165) is 12.8 Å². The van der Waals surface area contributed by atoms with Crippen LogP contribution in [0, 0.1) is 5.92 Å². The maximum Gasteiger partial charge on any atom is 0.277 e. The molecule has 172 valence electrons. The van der Waals surface area contributed by atoms with E-state index >= 15 is 0 Å². The number of hydrogen-bond donors (Lipinski definition) is 5. The first-order valence-electron chi connectivity index (χ1n) is 10.6. The molecule has 1 heterocycles. The fraction of sp³-hybridized carbons (Fsp3) is 0.409. The zero-order valence-electron chi connectivity index (χ0n) is 18.8. The van der Waals surface area contributed by atoms with Crippen molar-refractivity contribution in [2.24, 2.45) is 13.0 Å². The Morgan fingerprint density at radius 1 is 1.28 bits per heavy atom. The van der Waals surface area contributed by atoms with Crippen LogP contribution in [-0.2, 0) is 11.8 Å². The molecule has 0 atom stereocenters. The Hall–Kier alpha value is -3.69. The summed E-state index contributed by atoms with van der Waals surface area (Å²) in [7, 11) is 4.85. The summed E-state index contributed by atoms with van der Waals surface area (Å²) in [4.78, 5) is 37.0. The van der Waals surface area contributed by atoms with Crippen molar-refractivity contribution in [1.82, 2.24) is 20.4 Å². The van der Waals surface area contributed by atoms with E-state index in [-0.39, 0.29) is 29.8 Å². The number of aromatic amines is 1. The van der Waals surface area contributed by atoms with Gasteiger partial charge in [-0.3, -0.25) is 24.2 Å². The molecule has 0 saturated heterocycles. The lowest BCUT2D eigenvalue weighted by molar-refractivity contribution is -0.122. The van der Waals surface area contributed by atoms with Gasteiger partial charge in [0, 0.05) is 38.7 Å². The lowest BCUT2D eigenvalue weighted by Gasteiger charge is -2.15. The van der Waals surface area contributed by atoms with Gasteiger partial charge in [0.05, 0.1) is 18.5 Å². The van der Waals surface area contributed by atoms with Gasteiger partial charge >= 0.3 is 0 Å². The van der Waals surface area contributed by atoms with E-state index in [1.165, 1.54) is 11.8 Å². The van der Waals surface area contributed by atoms with Crippen molar-refractivity contribution >= 4 is 29.0 Å². The molecule has 0 aliphatic heterocycles. The number of ether oxygens (including phenoxy) is 1. The predicted octanol–water partition coefficient (Wildman–Crippen LogP) is 1.49. The van der Waals surface area contributed by atoms with E-state index < -0.39 is 0 Å². The van der Waals surface area contributed by atoms with Crippen LogP contribution in [0.3, 0.4) is 0 Å². The third kappa shape index (κ3) is 5.13. The van der Waals surface area contributed by atoms with Gasteiger partial charge in [-0.2, -0.15) is 0 Å². The van der Waals surface area contributed by atoms with Crippen molar-refractivity contribution in [2.75, 3.05) is 37.9 Å². The highest BCUT2D eigenvalue weighted by molar-refractivity contribution is 5.96. The minimum atomic E-state index is -0.237. The largest absolute Gasteiger partial charge is 0.495 e. The first-order chi connectivity index (χ1) is 15.4. The van der Waals surface area contributed by atoms with Crippen LogP contribution in [0.25, 0.3) is 5.70 Å². The van der Waals surface area contributed by atoms with E-state index in [1.807, 2.05) is 6.92 Å². The minimum Gasteiger partial charge on any atom is -0.495 e. The van der Waals surface area contributed by atoms with Crippen molar-refractivity contribution in [3.05, 3.63) is 45.8 Å². The van der Waals surface area contributed by atoms with Crippen LogP contribution in [-0.4, -0.2) is 48.8 Å². The average Bonchev–Trinajstić information content (AvgIpc) is 3.59. The molecule has 1 fully saturated rings. The Bertz CT molecular complexity index is 1080. The summed E-state index contributed by atoms with van der Waals surface area (Å²) in [5.41, 5.74) is 1.69. The van der Waals surface area contributed by atoms with Gasteiger partial charge in [0.2, 0.25) is 5.91 Å². The third-order valence-corrected chi connectivity index (χ3v) is 5.17. The van der Waals surface area contributed by atoms with Crippen LogP contribution in [0.4, 0.5) is 11.5 Å². The normalized spacial score (nSPS) is 13.4. The summed E-state index contributed by atoms with van der Waals surface area (Å²) in [5, 5.41) is 14.8. The number of H-pyrrole nitrogens is 1. The first kappa shape index (κ1) is 23.0. The van der Waals surface area contributed by atoms with Crippen molar-refractivity contribution in [1.29, 1.82) is 0 Å². The monoisotopic (exact) mass is 442 g/mol. The number of methoxy groups -OCH3 is 1. The maximum absolute atomic E-state index is 12.8. The highest BCUT2D eigenvalue weighted by Crippen LogP contribution is 2.30. The van der Waals surface area contributed by atoms with Crippen molar-refractivity contribution < 1.29 is 14.3 Å². The molecule has 10 nitrogen and oxygen atoms in total. The summed E-state index contributed by atoms with van der Waals surface area (Å²) >= 11 is 0. The maximum atomic E-state index is 12.8. The molecule has 1 saturated carbocycles. The number of rotatable bonds is 10. The van der Waals surface area contributed by atoms with Crippen LogP contribution in [0.5, 0.6) is 5.75 Å². The number of aromatic nitrogens is 2. The number of benzene rings is 1. The fourth-order valence-electron chi connectivity index (χ4n) is 3.28. The molecule has 32 heavy (non-hydrogen) atoms. The van der Waals surface area contributed by atoms with Gasteiger partial charge in [0.1, 0.15) is 17.1 Å². The molecule has 1 aliphatic rings. The van der Waals surface area contributed by atoms with Crippen LogP contribution in [0.2, 0.25) is 0 Å². The van der Waals surface area contributed by atoms with Crippen LogP contribution >= 0.6 is 0 Å². The zero-order chi connectivity index (χ0) is 23.3. The number of carbonyl (C=O) groups excluding carboxylic acids is 2. The molecule has 5 N–H and O–H groups in total. The number of carbonyl (C=O) groups is 2. The number of aryl methyl sites for hydroxylation is 1. The fourth-order valence-corrected chi connectivity index (χ4v) is 3.28. The van der Waals surface area contributed by atoms with Gasteiger partial charge in [-0.05, 0) is 44.0 Å². The van der Waals surface area contributed by atoms with Crippen LogP contribution in [0.15, 0.2) is 29.1 Å². The minimum absolute atomic E-state index is 0.0141. The van der Waals surface area contributed by atoms with Gasteiger partial charge in [-0.15, -0.1) is 0 Å². The summed E-state index contributed by atoms with van der Waals surface area (Å²) in [6, 6.07) is 5.03. The first-order valence-corrected chi connectivity index (χ1v) is 10.6. The van der Waals surface area contributed by atoms with Crippen molar-refractivity contribution in [2.45, 2.75) is 19.8 Å². The predicted molar refractivity (Wildman–Crippen MR) is 124 cm³/mol. The second-order valence-electron chi connectivity index (χ2n) is 7.51. The molecule has 0 spiro atoms. The smallest absolute Gasteiger partial charge is 0.277 e. The van der Waals surface area contributed by atoms with Gasteiger partial charge in [-0.1, -0.05) is 0 Å². The highest BCUT2D eigenvalue weighted by Gasteiger charge is 2.29. The molecule has 10 heteroatoms. The molecule has 1 aliphatic carbocycles. The van der Waals surface area contributed by atoms with Crippen LogP contribution < -0.4 is 31.6 Å². The highest BCUT2D eigenvalue weighted by atomic mass is 16.5. The van der Waals surface area contributed by atoms with E-state index in [4.69, 9.17) is 4.74 Å². The molecule has 2 amide bonds. The molecule has 0 unspecified atom stereocenters. The van der Waals surface area contributed by atoms with E-state index in [0.29, 0.717) is 40.6 Å². The Kier molecular flexibility index (Phi) is 7.24. The topological polar surface area (TPSA) is 129 Å². The number of nitrogens with zero attached hydrogens (tertiary/aromatic N) is 1. The molecule has 1 aromatic heterocycles. The number of amides is 2. The Morgan fingerprint density at radius 2 is 2.03 bits per heavy atom. The summed E-state index contributed by atoms with van der Waals surface area (Å²) in [6.45, 7) is 2.62. The molecule has 3 rings (SSSR count). The van der Waals surface area contributed by atoms with Gasteiger partial charge in [0.25, 0.3) is 11.5 Å². The lowest BCUT2D eigenvalue weighted by Crippen LogP contribution is -2.25. The van der Waals surface area contributed by atoms with E-state index in [2.05, 4.69) is 26.4 Å². The second kappa shape index (κ2) is 10.1. The van der Waals surface area contributed by atoms with Gasteiger partial charge in [0.15, 0.2) is 0 Å². The Labute approximate surface area is 186 Å². The molecular weight excluding hydrogens is 412 g/mol. The van der Waals surface area contributed by atoms with Gasteiger partial charge in [-0.25, -0.2) is 0 Å². The van der Waals surface area contributed by atoms with Crippen LogP contribution in [0.1, 0.15) is 35.7 Å². The van der Waals surface area contributed by atoms with Crippen molar-refractivity contribution in [3.63, 3.8) is 0 Å².